The molecule has 3 aromatic rings. The van der Waals surface area contributed by atoms with E-state index in [0.29, 0.717) is 36.1 Å². The summed E-state index contributed by atoms with van der Waals surface area (Å²) in [6, 6.07) is 11.3. The fourth-order valence-corrected chi connectivity index (χ4v) is 4.84. The number of aryl methyl sites for hydroxylation is 3. The van der Waals surface area contributed by atoms with Crippen LogP contribution in [-0.4, -0.2) is 69.3 Å². The van der Waals surface area contributed by atoms with Gasteiger partial charge in [-0.1, -0.05) is 12.1 Å². The Balaban J connectivity index is 1.48. The first-order chi connectivity index (χ1) is 16.8. The molecule has 0 aliphatic carbocycles. The summed E-state index contributed by atoms with van der Waals surface area (Å²) in [5.41, 5.74) is 4.23. The molecular weight excluding hydrogens is 454 g/mol. The lowest BCUT2D eigenvalue weighted by molar-refractivity contribution is -0.277. The monoisotopic (exact) mass is 483 g/mol. The highest BCUT2D eigenvalue weighted by atomic mass is 16.7. The molecule has 5 rings (SSSR count). The number of H-pyrrole nitrogens is 1. The number of benzene rings is 2. The average Bonchev–Trinajstić information content (AvgIpc) is 3.30. The summed E-state index contributed by atoms with van der Waals surface area (Å²) in [6.07, 6.45) is -4.84. The molecule has 35 heavy (non-hydrogen) atoms. The summed E-state index contributed by atoms with van der Waals surface area (Å²) in [7, 11) is 0. The Labute approximate surface area is 201 Å². The first kappa shape index (κ1) is 23.8. The van der Waals surface area contributed by atoms with Crippen molar-refractivity contribution in [1.82, 2.24) is 4.98 Å². The van der Waals surface area contributed by atoms with E-state index >= 15 is 0 Å². The van der Waals surface area contributed by atoms with E-state index in [-0.39, 0.29) is 5.56 Å². The first-order valence-electron chi connectivity index (χ1n) is 11.7. The van der Waals surface area contributed by atoms with Crippen molar-refractivity contribution in [3.63, 3.8) is 0 Å². The second-order valence-corrected chi connectivity index (χ2v) is 9.20. The van der Waals surface area contributed by atoms with Crippen LogP contribution in [0.5, 0.6) is 11.5 Å². The quantitative estimate of drug-likeness (QED) is 0.346. The zero-order valence-corrected chi connectivity index (χ0v) is 19.3. The third kappa shape index (κ3) is 4.65. The molecule has 0 radical (unpaired) electrons. The number of aromatic nitrogens is 1. The van der Waals surface area contributed by atoms with Gasteiger partial charge in [0.05, 0.1) is 18.7 Å². The van der Waals surface area contributed by atoms with E-state index in [1.165, 1.54) is 11.6 Å². The van der Waals surface area contributed by atoms with Gasteiger partial charge in [-0.25, -0.2) is 0 Å². The highest BCUT2D eigenvalue weighted by Crippen LogP contribution is 2.33. The van der Waals surface area contributed by atoms with Gasteiger partial charge >= 0.3 is 0 Å². The molecule has 9 heteroatoms. The summed E-state index contributed by atoms with van der Waals surface area (Å²) >= 11 is 0. The Hall–Kier alpha value is -2.95. The van der Waals surface area contributed by atoms with Crippen molar-refractivity contribution in [2.45, 2.75) is 56.9 Å². The smallest absolute Gasteiger partial charge is 0.248 e. The van der Waals surface area contributed by atoms with Crippen molar-refractivity contribution < 1.29 is 34.6 Å². The molecule has 5 N–H and O–H groups in total. The van der Waals surface area contributed by atoms with Gasteiger partial charge in [0.2, 0.25) is 11.8 Å². The van der Waals surface area contributed by atoms with E-state index in [0.717, 1.165) is 28.9 Å². The van der Waals surface area contributed by atoms with Crippen LogP contribution in [0.4, 0.5) is 0 Å². The minimum absolute atomic E-state index is 0.237. The van der Waals surface area contributed by atoms with Gasteiger partial charge in [0, 0.05) is 17.9 Å². The number of aliphatic hydroxyl groups excluding tert-OH is 4. The van der Waals surface area contributed by atoms with Crippen LogP contribution < -0.4 is 15.0 Å². The number of nitrogens with one attached hydrogen (secondary N) is 1. The van der Waals surface area contributed by atoms with Gasteiger partial charge in [-0.05, 0) is 60.2 Å². The predicted molar refractivity (Wildman–Crippen MR) is 127 cm³/mol. The summed E-state index contributed by atoms with van der Waals surface area (Å²) in [5, 5.41) is 40.8. The lowest BCUT2D eigenvalue weighted by Crippen LogP contribution is -2.60. The maximum Gasteiger partial charge on any atom is 0.248 e. The van der Waals surface area contributed by atoms with Crippen molar-refractivity contribution in [3.05, 3.63) is 69.0 Å². The van der Waals surface area contributed by atoms with Crippen LogP contribution in [0.3, 0.4) is 0 Å². The van der Waals surface area contributed by atoms with E-state index < -0.39 is 37.3 Å². The second kappa shape index (κ2) is 9.60. The SMILES string of the molecule is Cc1cc(O[C@@H]2O[C@H](CO)[C@@H](O)[C@H](O)[C@H]2O)c2c(CCc3ccc4c(c3)CCO4)cc(=O)[nH]c2c1. The number of pyridine rings is 1. The molecule has 1 saturated heterocycles. The summed E-state index contributed by atoms with van der Waals surface area (Å²) < 4.78 is 17.1. The molecule has 2 aliphatic heterocycles. The van der Waals surface area contributed by atoms with Crippen LogP contribution in [-0.2, 0) is 24.0 Å². The Morgan fingerprint density at radius 3 is 2.69 bits per heavy atom. The number of rotatable bonds is 6. The Morgan fingerprint density at radius 1 is 1.06 bits per heavy atom. The van der Waals surface area contributed by atoms with Crippen LogP contribution in [0, 0.1) is 6.92 Å². The second-order valence-electron chi connectivity index (χ2n) is 9.20. The lowest BCUT2D eigenvalue weighted by atomic mass is 9.97. The fraction of sp³-hybridized carbons (Fsp3) is 0.423. The highest BCUT2D eigenvalue weighted by Gasteiger charge is 2.44. The number of aliphatic hydroxyl groups is 4. The average molecular weight is 484 g/mol. The molecule has 186 valence electrons. The minimum Gasteiger partial charge on any atom is -0.493 e. The summed E-state index contributed by atoms with van der Waals surface area (Å²) in [4.78, 5) is 15.3. The molecule has 2 aliphatic rings. The zero-order valence-electron chi connectivity index (χ0n) is 19.3. The summed E-state index contributed by atoms with van der Waals surface area (Å²) in [6.45, 7) is 1.98. The number of fused-ring (bicyclic) bond motifs is 2. The van der Waals surface area contributed by atoms with E-state index in [2.05, 4.69) is 11.1 Å². The van der Waals surface area contributed by atoms with Crippen molar-refractivity contribution in [1.29, 1.82) is 0 Å². The van der Waals surface area contributed by atoms with Crippen molar-refractivity contribution in [2.75, 3.05) is 13.2 Å². The fourth-order valence-electron chi connectivity index (χ4n) is 4.84. The van der Waals surface area contributed by atoms with E-state index in [9.17, 15) is 25.2 Å². The molecule has 0 unspecified atom stereocenters. The van der Waals surface area contributed by atoms with Gasteiger partial charge in [-0.2, -0.15) is 0 Å². The van der Waals surface area contributed by atoms with Gasteiger partial charge in [-0.3, -0.25) is 4.79 Å². The molecule has 2 aromatic carbocycles. The Bertz CT molecular complexity index is 1290. The first-order valence-corrected chi connectivity index (χ1v) is 11.7. The maximum absolute atomic E-state index is 12.4. The van der Waals surface area contributed by atoms with E-state index in [4.69, 9.17) is 14.2 Å². The molecular formula is C26H29NO8. The molecule has 9 nitrogen and oxygen atoms in total. The van der Waals surface area contributed by atoms with Crippen LogP contribution in [0.25, 0.3) is 10.9 Å². The number of hydrogen-bond acceptors (Lipinski definition) is 8. The van der Waals surface area contributed by atoms with E-state index in [1.807, 2.05) is 25.1 Å². The van der Waals surface area contributed by atoms with Crippen molar-refractivity contribution >= 4 is 10.9 Å². The van der Waals surface area contributed by atoms with Gasteiger partial charge < -0.3 is 39.6 Å². The third-order valence-corrected chi connectivity index (χ3v) is 6.66. The third-order valence-electron chi connectivity index (χ3n) is 6.66. The number of ether oxygens (including phenoxy) is 3. The Kier molecular flexibility index (Phi) is 6.52. The molecule has 0 saturated carbocycles. The molecule has 1 aromatic heterocycles. The normalized spacial score (nSPS) is 25.9. The topological polar surface area (TPSA) is 141 Å². The number of aromatic amines is 1. The standard InChI is InChI=1S/C26H29NO8/c1-13-8-17-22(19(9-13)34-26-25(32)24(31)23(30)20(12-28)35-26)16(11-21(29)27-17)4-2-14-3-5-18-15(10-14)6-7-33-18/h3,5,8-11,20,23-26,28,30-32H,2,4,6-7,12H2,1H3,(H,27,29)/t20-,23-,24+,25-,26-/m1/s1. The zero-order chi connectivity index (χ0) is 24.7. The molecule has 0 spiro atoms. The predicted octanol–water partition coefficient (Wildman–Crippen LogP) is 0.735. The van der Waals surface area contributed by atoms with Gasteiger partial charge in [-0.15, -0.1) is 0 Å². The highest BCUT2D eigenvalue weighted by molar-refractivity contribution is 5.89. The van der Waals surface area contributed by atoms with Gasteiger partial charge in [0.15, 0.2) is 0 Å². The van der Waals surface area contributed by atoms with E-state index in [1.54, 1.807) is 6.07 Å². The molecule has 0 amide bonds. The van der Waals surface area contributed by atoms with Gasteiger partial charge in [0.25, 0.3) is 0 Å². The van der Waals surface area contributed by atoms with Gasteiger partial charge in [0.1, 0.15) is 35.9 Å². The van der Waals surface area contributed by atoms with Crippen LogP contribution in [0.2, 0.25) is 0 Å². The summed E-state index contributed by atoms with van der Waals surface area (Å²) in [5.74, 6) is 1.28. The largest absolute Gasteiger partial charge is 0.493 e. The molecule has 3 heterocycles. The van der Waals surface area contributed by atoms with Crippen LogP contribution in [0.1, 0.15) is 22.3 Å². The molecule has 0 bridgehead atoms. The lowest BCUT2D eigenvalue weighted by Gasteiger charge is -2.39. The van der Waals surface area contributed by atoms with Crippen LogP contribution in [0.15, 0.2) is 41.2 Å². The minimum atomic E-state index is -1.55. The maximum atomic E-state index is 12.4. The molecule has 5 atom stereocenters. The molecule has 1 fully saturated rings. The Morgan fingerprint density at radius 2 is 1.89 bits per heavy atom. The van der Waals surface area contributed by atoms with Crippen molar-refractivity contribution in [3.8, 4) is 11.5 Å². The van der Waals surface area contributed by atoms with Crippen molar-refractivity contribution in [2.24, 2.45) is 0 Å². The van der Waals surface area contributed by atoms with Crippen LogP contribution >= 0.6 is 0 Å². The number of hydrogen-bond donors (Lipinski definition) is 5.